The van der Waals surface area contributed by atoms with Gasteiger partial charge in [-0.3, -0.25) is 4.79 Å². The molecule has 33 heavy (non-hydrogen) atoms. The number of sulfonamides is 1. The molecule has 0 saturated carbocycles. The van der Waals surface area contributed by atoms with Crippen molar-refractivity contribution in [3.8, 4) is 0 Å². The van der Waals surface area contributed by atoms with Crippen molar-refractivity contribution in [1.29, 1.82) is 0 Å². The van der Waals surface area contributed by atoms with Crippen LogP contribution in [0.5, 0.6) is 0 Å². The summed E-state index contributed by atoms with van der Waals surface area (Å²) in [6.07, 6.45) is 5.62. The second-order valence-electron chi connectivity index (χ2n) is 8.97. The maximum atomic E-state index is 13.1. The monoisotopic (exact) mass is 490 g/mol. The van der Waals surface area contributed by atoms with Crippen molar-refractivity contribution in [1.82, 2.24) is 4.31 Å². The number of aryl methyl sites for hydroxylation is 1. The number of hydrogen-bond acceptors (Lipinski definition) is 6. The van der Waals surface area contributed by atoms with Crippen molar-refractivity contribution in [2.45, 2.75) is 57.3 Å². The molecule has 1 saturated heterocycles. The van der Waals surface area contributed by atoms with Crippen LogP contribution < -0.4 is 5.32 Å². The lowest BCUT2D eigenvalue weighted by atomic mass is 9.88. The van der Waals surface area contributed by atoms with Gasteiger partial charge in [0, 0.05) is 29.0 Å². The summed E-state index contributed by atoms with van der Waals surface area (Å²) in [5.74, 6) is -0.385. The van der Waals surface area contributed by atoms with Crippen molar-refractivity contribution in [3.05, 3.63) is 45.1 Å². The van der Waals surface area contributed by atoms with E-state index >= 15 is 0 Å². The molecule has 1 atom stereocenters. The second-order valence-corrected chi connectivity index (χ2v) is 11.8. The van der Waals surface area contributed by atoms with E-state index in [1.807, 2.05) is 5.38 Å². The predicted octanol–water partition coefficient (Wildman–Crippen LogP) is 4.15. The minimum absolute atomic E-state index is 0.193. The van der Waals surface area contributed by atoms with E-state index in [1.165, 1.54) is 15.2 Å². The lowest BCUT2D eigenvalue weighted by Gasteiger charge is -2.26. The molecule has 1 aromatic carbocycles. The van der Waals surface area contributed by atoms with E-state index < -0.39 is 28.5 Å². The number of carbonyl (C=O) groups excluding carboxylic acids is 2. The Hall–Kier alpha value is -2.23. The Morgan fingerprint density at radius 1 is 1.21 bits per heavy atom. The van der Waals surface area contributed by atoms with Crippen LogP contribution in [-0.2, 0) is 32.4 Å². The number of amides is 1. The first kappa shape index (κ1) is 23.9. The van der Waals surface area contributed by atoms with Crippen LogP contribution in [-0.4, -0.2) is 44.3 Å². The van der Waals surface area contributed by atoms with Crippen molar-refractivity contribution in [2.75, 3.05) is 25.0 Å². The van der Waals surface area contributed by atoms with E-state index in [2.05, 4.69) is 12.2 Å². The summed E-state index contributed by atoms with van der Waals surface area (Å²) in [4.78, 5) is 26.4. The molecule has 1 fully saturated rings. The Labute approximate surface area is 199 Å². The molecule has 2 aliphatic rings. The molecular formula is C24H30N2O5S2. The normalized spacial score (nSPS) is 19.0. The third kappa shape index (κ3) is 5.31. The highest BCUT2D eigenvalue weighted by Crippen LogP contribution is 2.33. The van der Waals surface area contributed by atoms with Gasteiger partial charge in [0.1, 0.15) is 0 Å². The number of piperidine rings is 1. The summed E-state index contributed by atoms with van der Waals surface area (Å²) in [5, 5.41) is 4.48. The van der Waals surface area contributed by atoms with Gasteiger partial charge in [-0.1, -0.05) is 19.4 Å². The molecule has 178 valence electrons. The molecule has 0 bridgehead atoms. The topological polar surface area (TPSA) is 92.8 Å². The molecule has 0 radical (unpaired) electrons. The van der Waals surface area contributed by atoms with Crippen LogP contribution in [0.4, 0.5) is 5.69 Å². The van der Waals surface area contributed by atoms with Crippen LogP contribution in [0.2, 0.25) is 0 Å². The summed E-state index contributed by atoms with van der Waals surface area (Å²) in [5.41, 5.74) is 2.59. The zero-order valence-corrected chi connectivity index (χ0v) is 20.7. The maximum absolute atomic E-state index is 13.1. The third-order valence-corrected chi connectivity index (χ3v) is 9.45. The second kappa shape index (κ2) is 9.95. The molecule has 0 unspecified atom stereocenters. The van der Waals surface area contributed by atoms with E-state index in [0.717, 1.165) is 44.1 Å². The number of rotatable bonds is 6. The van der Waals surface area contributed by atoms with Gasteiger partial charge in [-0.15, -0.1) is 11.3 Å². The van der Waals surface area contributed by atoms with Crippen LogP contribution in [0.25, 0.3) is 0 Å². The molecule has 1 amide bonds. The smallest absolute Gasteiger partial charge is 0.339 e. The predicted molar refractivity (Wildman–Crippen MR) is 128 cm³/mol. The molecule has 7 nitrogen and oxygen atoms in total. The van der Waals surface area contributed by atoms with Gasteiger partial charge in [0.05, 0.1) is 10.5 Å². The van der Waals surface area contributed by atoms with Gasteiger partial charge in [0.2, 0.25) is 10.0 Å². The van der Waals surface area contributed by atoms with Gasteiger partial charge in [0.15, 0.2) is 6.61 Å². The van der Waals surface area contributed by atoms with Gasteiger partial charge in [-0.25, -0.2) is 13.2 Å². The Morgan fingerprint density at radius 3 is 2.73 bits per heavy atom. The van der Waals surface area contributed by atoms with Crippen molar-refractivity contribution >= 4 is 38.9 Å². The number of thiophene rings is 1. The summed E-state index contributed by atoms with van der Waals surface area (Å²) in [7, 11) is -3.62. The average molecular weight is 491 g/mol. The summed E-state index contributed by atoms with van der Waals surface area (Å²) in [6.45, 7) is 4.55. The highest BCUT2D eigenvalue weighted by molar-refractivity contribution is 7.89. The number of carbonyl (C=O) groups is 2. The fourth-order valence-electron chi connectivity index (χ4n) is 4.45. The minimum atomic E-state index is -3.62. The highest BCUT2D eigenvalue weighted by Gasteiger charge is 2.28. The number of ether oxygens (including phenoxy) is 1. The Kier molecular flexibility index (Phi) is 7.21. The van der Waals surface area contributed by atoms with Crippen molar-refractivity contribution < 1.29 is 22.7 Å². The molecule has 0 spiro atoms. The van der Waals surface area contributed by atoms with E-state index in [1.54, 1.807) is 30.4 Å². The van der Waals surface area contributed by atoms with Gasteiger partial charge in [-0.2, -0.15) is 4.31 Å². The molecule has 1 N–H and O–H groups in total. The summed E-state index contributed by atoms with van der Waals surface area (Å²) in [6, 6.07) is 4.81. The first-order valence-corrected chi connectivity index (χ1v) is 13.7. The Balaban J connectivity index is 1.39. The molecule has 1 aromatic heterocycles. The zero-order chi connectivity index (χ0) is 23.6. The van der Waals surface area contributed by atoms with Crippen LogP contribution in [0.1, 0.15) is 59.0 Å². The fraction of sp³-hybridized carbons (Fsp3) is 0.500. The summed E-state index contributed by atoms with van der Waals surface area (Å²) < 4.78 is 32.9. The Bertz CT molecular complexity index is 1150. The number of nitrogens with one attached hydrogen (secondary N) is 1. The fourth-order valence-corrected chi connectivity index (χ4v) is 7.46. The highest BCUT2D eigenvalue weighted by atomic mass is 32.2. The number of nitrogens with zero attached hydrogens (tertiary/aromatic N) is 1. The van der Waals surface area contributed by atoms with Crippen LogP contribution in [0.15, 0.2) is 28.5 Å². The van der Waals surface area contributed by atoms with Gasteiger partial charge in [-0.05, 0) is 68.2 Å². The molecular weight excluding hydrogens is 460 g/mol. The van der Waals surface area contributed by atoms with Crippen molar-refractivity contribution in [3.63, 3.8) is 0 Å². The maximum Gasteiger partial charge on any atom is 0.339 e. The first-order valence-electron chi connectivity index (χ1n) is 11.4. The molecule has 2 heterocycles. The van der Waals surface area contributed by atoms with Gasteiger partial charge >= 0.3 is 5.97 Å². The minimum Gasteiger partial charge on any atom is -0.452 e. The van der Waals surface area contributed by atoms with Crippen LogP contribution in [0, 0.1) is 12.8 Å². The number of hydrogen-bond donors (Lipinski definition) is 1. The molecule has 2 aromatic rings. The van der Waals surface area contributed by atoms with E-state index in [0.29, 0.717) is 35.8 Å². The molecule has 1 aliphatic carbocycles. The third-order valence-electron chi connectivity index (χ3n) is 6.36. The van der Waals surface area contributed by atoms with Gasteiger partial charge in [0.25, 0.3) is 5.91 Å². The van der Waals surface area contributed by atoms with E-state index in [4.69, 9.17) is 4.74 Å². The number of fused-ring (bicyclic) bond motifs is 1. The number of benzene rings is 1. The van der Waals surface area contributed by atoms with E-state index in [-0.39, 0.29) is 4.90 Å². The zero-order valence-electron chi connectivity index (χ0n) is 19.1. The first-order chi connectivity index (χ1) is 15.8. The largest absolute Gasteiger partial charge is 0.452 e. The number of esters is 1. The number of anilines is 1. The lowest BCUT2D eigenvalue weighted by Crippen LogP contribution is -2.36. The van der Waals surface area contributed by atoms with Crippen molar-refractivity contribution in [2.24, 2.45) is 5.92 Å². The van der Waals surface area contributed by atoms with Gasteiger partial charge < -0.3 is 10.1 Å². The SMILES string of the molecule is Cc1ccc(NC(=O)COC(=O)c2csc3c2CC[C@@H](C)C3)cc1S(=O)(=O)N1CCCCC1. The lowest BCUT2D eigenvalue weighted by molar-refractivity contribution is -0.119. The Morgan fingerprint density at radius 2 is 1.97 bits per heavy atom. The molecule has 1 aliphatic heterocycles. The summed E-state index contributed by atoms with van der Waals surface area (Å²) >= 11 is 1.58. The van der Waals surface area contributed by atoms with Crippen LogP contribution >= 0.6 is 11.3 Å². The standard InChI is InChI=1S/C24H30N2O5S2/c1-16-6-9-19-20(15-32-21(19)12-16)24(28)31-14-23(27)25-18-8-7-17(2)22(13-18)33(29,30)26-10-4-3-5-11-26/h7-8,13,15-16H,3-6,9-12,14H2,1-2H3,(H,25,27)/t16-/m1/s1. The molecule has 9 heteroatoms. The average Bonchev–Trinajstić information content (AvgIpc) is 3.22. The van der Waals surface area contributed by atoms with Crippen LogP contribution in [0.3, 0.4) is 0 Å². The molecule has 4 rings (SSSR count). The quantitative estimate of drug-likeness (QED) is 0.614. The van der Waals surface area contributed by atoms with E-state index in [9.17, 15) is 18.0 Å².